The molecule has 0 bridgehead atoms. The van der Waals surface area contributed by atoms with Gasteiger partial charge in [-0.3, -0.25) is 4.79 Å². The molecule has 1 rings (SSSR count). The van der Waals surface area contributed by atoms with Gasteiger partial charge in [-0.15, -0.1) is 0 Å². The van der Waals surface area contributed by atoms with Crippen LogP contribution in [0.3, 0.4) is 0 Å². The minimum Gasteiger partial charge on any atom is -0.391 e. The minimum atomic E-state index is -0.325. The van der Waals surface area contributed by atoms with E-state index in [1.54, 1.807) is 4.90 Å². The van der Waals surface area contributed by atoms with Crippen LogP contribution in [0.5, 0.6) is 0 Å². The number of likely N-dealkylation sites (tertiary alicyclic amines) is 1. The molecule has 82 valence electrons. The van der Waals surface area contributed by atoms with Gasteiger partial charge in [0.1, 0.15) is 0 Å². The fourth-order valence-corrected chi connectivity index (χ4v) is 1.76. The number of rotatable bonds is 3. The molecular formula is C11H21NO2. The second-order valence-electron chi connectivity index (χ2n) is 4.28. The molecule has 0 spiro atoms. The van der Waals surface area contributed by atoms with Crippen molar-refractivity contribution in [1.82, 2.24) is 4.90 Å². The molecule has 0 radical (unpaired) electrons. The molecule has 3 nitrogen and oxygen atoms in total. The third-order valence-corrected chi connectivity index (χ3v) is 3.02. The molecule has 1 amide bonds. The predicted molar refractivity (Wildman–Crippen MR) is 55.9 cm³/mol. The summed E-state index contributed by atoms with van der Waals surface area (Å²) in [5.41, 5.74) is 0. The lowest BCUT2D eigenvalue weighted by atomic mass is 9.96. The van der Waals surface area contributed by atoms with Gasteiger partial charge in [0.25, 0.3) is 0 Å². The Kier molecular flexibility index (Phi) is 4.39. The smallest absolute Gasteiger partial charge is 0.222 e. The summed E-state index contributed by atoms with van der Waals surface area (Å²) in [5, 5.41) is 9.63. The Morgan fingerprint density at radius 2 is 2.29 bits per heavy atom. The van der Waals surface area contributed by atoms with E-state index in [1.807, 2.05) is 6.92 Å². The number of amides is 1. The first-order valence-electron chi connectivity index (χ1n) is 5.61. The van der Waals surface area contributed by atoms with Crippen molar-refractivity contribution in [1.29, 1.82) is 0 Å². The van der Waals surface area contributed by atoms with Crippen LogP contribution in [-0.4, -0.2) is 35.1 Å². The van der Waals surface area contributed by atoms with E-state index in [4.69, 9.17) is 0 Å². The maximum absolute atomic E-state index is 11.6. The summed E-state index contributed by atoms with van der Waals surface area (Å²) in [6.07, 6.45) is 3.25. The zero-order valence-corrected chi connectivity index (χ0v) is 9.20. The SMILES string of the molecule is CCCCC(=O)N1CCC(C)C(O)C1. The molecule has 0 aromatic carbocycles. The quantitative estimate of drug-likeness (QED) is 0.746. The minimum absolute atomic E-state index is 0.206. The normalized spacial score (nSPS) is 27.8. The average molecular weight is 199 g/mol. The van der Waals surface area contributed by atoms with E-state index < -0.39 is 0 Å². The molecule has 3 heteroatoms. The molecule has 0 aromatic heterocycles. The maximum atomic E-state index is 11.6. The first kappa shape index (κ1) is 11.5. The summed E-state index contributed by atoms with van der Waals surface area (Å²) in [4.78, 5) is 13.4. The van der Waals surface area contributed by atoms with Gasteiger partial charge < -0.3 is 10.0 Å². The molecule has 1 saturated heterocycles. The van der Waals surface area contributed by atoms with E-state index in [1.165, 1.54) is 0 Å². The van der Waals surface area contributed by atoms with Crippen molar-refractivity contribution in [3.63, 3.8) is 0 Å². The Bertz CT molecular complexity index is 194. The molecule has 1 heterocycles. The van der Waals surface area contributed by atoms with Gasteiger partial charge in [0.15, 0.2) is 0 Å². The number of β-amino-alcohol motifs (C(OH)–C–C–N with tert-alkyl or cyclic N) is 1. The number of unbranched alkanes of at least 4 members (excludes halogenated alkanes) is 1. The van der Waals surface area contributed by atoms with E-state index in [-0.39, 0.29) is 12.0 Å². The molecule has 2 atom stereocenters. The average Bonchev–Trinajstić information content (AvgIpc) is 2.18. The van der Waals surface area contributed by atoms with Crippen molar-refractivity contribution >= 4 is 5.91 Å². The van der Waals surface area contributed by atoms with Gasteiger partial charge in [-0.1, -0.05) is 20.3 Å². The highest BCUT2D eigenvalue weighted by Gasteiger charge is 2.26. The van der Waals surface area contributed by atoms with Crippen molar-refractivity contribution in [3.8, 4) is 0 Å². The van der Waals surface area contributed by atoms with Gasteiger partial charge >= 0.3 is 0 Å². The zero-order valence-electron chi connectivity index (χ0n) is 9.20. The van der Waals surface area contributed by atoms with Gasteiger partial charge in [-0.25, -0.2) is 0 Å². The van der Waals surface area contributed by atoms with E-state index in [0.717, 1.165) is 25.8 Å². The van der Waals surface area contributed by atoms with Gasteiger partial charge in [0.2, 0.25) is 5.91 Å². The Morgan fingerprint density at radius 1 is 1.57 bits per heavy atom. The third-order valence-electron chi connectivity index (χ3n) is 3.02. The van der Waals surface area contributed by atoms with Crippen molar-refractivity contribution in [2.75, 3.05) is 13.1 Å². The summed E-state index contributed by atoms with van der Waals surface area (Å²) >= 11 is 0. The van der Waals surface area contributed by atoms with E-state index in [9.17, 15) is 9.90 Å². The summed E-state index contributed by atoms with van der Waals surface area (Å²) < 4.78 is 0. The molecule has 1 N–H and O–H groups in total. The highest BCUT2D eigenvalue weighted by molar-refractivity contribution is 5.76. The van der Waals surface area contributed by atoms with Crippen LogP contribution in [-0.2, 0) is 4.79 Å². The van der Waals surface area contributed by atoms with Gasteiger partial charge in [0.05, 0.1) is 6.10 Å². The summed E-state index contributed by atoms with van der Waals surface area (Å²) in [6.45, 7) is 5.48. The third kappa shape index (κ3) is 2.98. The van der Waals surface area contributed by atoms with Crippen LogP contribution in [0, 0.1) is 5.92 Å². The van der Waals surface area contributed by atoms with Crippen molar-refractivity contribution in [3.05, 3.63) is 0 Å². The van der Waals surface area contributed by atoms with Crippen molar-refractivity contribution in [2.45, 2.75) is 45.6 Å². The monoisotopic (exact) mass is 199 g/mol. The first-order chi connectivity index (χ1) is 6.65. The van der Waals surface area contributed by atoms with Gasteiger partial charge in [-0.05, 0) is 18.8 Å². The van der Waals surface area contributed by atoms with Gasteiger partial charge in [0, 0.05) is 19.5 Å². The zero-order chi connectivity index (χ0) is 10.6. The molecule has 1 fully saturated rings. The lowest BCUT2D eigenvalue weighted by Crippen LogP contribution is -2.45. The Balaban J connectivity index is 2.34. The summed E-state index contributed by atoms with van der Waals surface area (Å²) in [5.74, 6) is 0.544. The van der Waals surface area contributed by atoms with Crippen molar-refractivity contribution < 1.29 is 9.90 Å². The maximum Gasteiger partial charge on any atom is 0.222 e. The molecule has 1 aliphatic heterocycles. The lowest BCUT2D eigenvalue weighted by molar-refractivity contribution is -0.135. The van der Waals surface area contributed by atoms with E-state index in [0.29, 0.717) is 18.9 Å². The summed E-state index contributed by atoms with van der Waals surface area (Å²) in [7, 11) is 0. The second-order valence-corrected chi connectivity index (χ2v) is 4.28. The number of aliphatic hydroxyl groups excluding tert-OH is 1. The highest BCUT2D eigenvalue weighted by atomic mass is 16.3. The lowest BCUT2D eigenvalue weighted by Gasteiger charge is -2.34. The van der Waals surface area contributed by atoms with Crippen LogP contribution in [0.2, 0.25) is 0 Å². The number of aliphatic hydroxyl groups is 1. The standard InChI is InChI=1S/C11H21NO2/c1-3-4-5-11(14)12-7-6-9(2)10(13)8-12/h9-10,13H,3-8H2,1-2H3. The van der Waals surface area contributed by atoms with Crippen LogP contribution in [0.15, 0.2) is 0 Å². The molecule has 2 unspecified atom stereocenters. The molecule has 0 aliphatic carbocycles. The molecule has 0 aromatic rings. The fourth-order valence-electron chi connectivity index (χ4n) is 1.76. The molecule has 14 heavy (non-hydrogen) atoms. The number of carbonyl (C=O) groups is 1. The fraction of sp³-hybridized carbons (Fsp3) is 0.909. The Labute approximate surface area is 86.1 Å². The van der Waals surface area contributed by atoms with Crippen LogP contribution >= 0.6 is 0 Å². The van der Waals surface area contributed by atoms with Crippen molar-refractivity contribution in [2.24, 2.45) is 5.92 Å². The molecular weight excluding hydrogens is 178 g/mol. The Morgan fingerprint density at radius 3 is 2.86 bits per heavy atom. The molecule has 0 saturated carbocycles. The van der Waals surface area contributed by atoms with Crippen LogP contribution in [0.4, 0.5) is 0 Å². The van der Waals surface area contributed by atoms with Crippen LogP contribution in [0.1, 0.15) is 39.5 Å². The van der Waals surface area contributed by atoms with E-state index in [2.05, 4.69) is 6.92 Å². The Hall–Kier alpha value is -0.570. The number of hydrogen-bond acceptors (Lipinski definition) is 2. The largest absolute Gasteiger partial charge is 0.391 e. The number of nitrogens with zero attached hydrogens (tertiary/aromatic N) is 1. The second kappa shape index (κ2) is 5.35. The van der Waals surface area contributed by atoms with Gasteiger partial charge in [-0.2, -0.15) is 0 Å². The summed E-state index contributed by atoms with van der Waals surface area (Å²) in [6, 6.07) is 0. The highest BCUT2D eigenvalue weighted by Crippen LogP contribution is 2.17. The van der Waals surface area contributed by atoms with Crippen LogP contribution in [0.25, 0.3) is 0 Å². The first-order valence-corrected chi connectivity index (χ1v) is 5.61. The molecule has 1 aliphatic rings. The topological polar surface area (TPSA) is 40.5 Å². The number of piperidine rings is 1. The number of carbonyl (C=O) groups excluding carboxylic acids is 1. The predicted octanol–water partition coefficient (Wildman–Crippen LogP) is 1.41. The van der Waals surface area contributed by atoms with Crippen LogP contribution < -0.4 is 0 Å². The van der Waals surface area contributed by atoms with E-state index >= 15 is 0 Å². The number of hydrogen-bond donors (Lipinski definition) is 1.